The Kier molecular flexibility index (Phi) is 4.57. The SMILES string of the molecule is O=C(COc1ccc(F)cc1)N1Cc2ccnn2CC[C@@H]1CO. The molecule has 23 heavy (non-hydrogen) atoms. The molecule has 1 aliphatic rings. The van der Waals surface area contributed by atoms with Crippen LogP contribution in [0.3, 0.4) is 0 Å². The maximum absolute atomic E-state index is 12.9. The van der Waals surface area contributed by atoms with E-state index >= 15 is 0 Å². The topological polar surface area (TPSA) is 67.6 Å². The average molecular weight is 319 g/mol. The number of carbonyl (C=O) groups is 1. The Balaban J connectivity index is 1.67. The van der Waals surface area contributed by atoms with Crippen molar-refractivity contribution in [3.63, 3.8) is 0 Å². The van der Waals surface area contributed by atoms with Gasteiger partial charge in [-0.15, -0.1) is 0 Å². The molecule has 6 nitrogen and oxygen atoms in total. The molecule has 7 heteroatoms. The summed E-state index contributed by atoms with van der Waals surface area (Å²) < 4.78 is 20.1. The van der Waals surface area contributed by atoms with E-state index in [4.69, 9.17) is 4.74 Å². The Labute approximate surface area is 133 Å². The number of hydrogen-bond acceptors (Lipinski definition) is 4. The smallest absolute Gasteiger partial charge is 0.261 e. The lowest BCUT2D eigenvalue weighted by atomic mass is 10.2. The molecule has 0 unspecified atom stereocenters. The van der Waals surface area contributed by atoms with Crippen molar-refractivity contribution in [3.8, 4) is 5.75 Å². The second-order valence-electron chi connectivity index (χ2n) is 5.43. The molecule has 2 aromatic rings. The van der Waals surface area contributed by atoms with Crippen LogP contribution < -0.4 is 4.74 Å². The molecule has 3 rings (SSSR count). The number of aryl methyl sites for hydroxylation is 1. The molecule has 1 aromatic carbocycles. The van der Waals surface area contributed by atoms with Crippen molar-refractivity contribution in [2.24, 2.45) is 0 Å². The molecule has 0 aliphatic carbocycles. The lowest BCUT2D eigenvalue weighted by Gasteiger charge is -2.28. The molecule has 0 bridgehead atoms. The molecular weight excluding hydrogens is 301 g/mol. The van der Waals surface area contributed by atoms with E-state index in [1.807, 2.05) is 10.7 Å². The van der Waals surface area contributed by atoms with Gasteiger partial charge in [0.1, 0.15) is 11.6 Å². The molecule has 0 radical (unpaired) electrons. The number of aliphatic hydroxyl groups is 1. The van der Waals surface area contributed by atoms with E-state index in [-0.39, 0.29) is 31.0 Å². The van der Waals surface area contributed by atoms with E-state index in [0.29, 0.717) is 25.3 Å². The predicted octanol–water partition coefficient (Wildman–Crippen LogP) is 1.19. The van der Waals surface area contributed by atoms with Gasteiger partial charge in [0.15, 0.2) is 6.61 Å². The highest BCUT2D eigenvalue weighted by atomic mass is 19.1. The number of aliphatic hydroxyl groups excluding tert-OH is 1. The molecule has 1 N–H and O–H groups in total. The van der Waals surface area contributed by atoms with Crippen LogP contribution in [0.1, 0.15) is 12.1 Å². The highest BCUT2D eigenvalue weighted by Gasteiger charge is 2.27. The van der Waals surface area contributed by atoms with Gasteiger partial charge < -0.3 is 14.7 Å². The minimum Gasteiger partial charge on any atom is -0.484 e. The summed E-state index contributed by atoms with van der Waals surface area (Å²) in [6, 6.07) is 7.11. The van der Waals surface area contributed by atoms with Crippen LogP contribution >= 0.6 is 0 Å². The van der Waals surface area contributed by atoms with Crippen molar-refractivity contribution in [2.75, 3.05) is 13.2 Å². The Hall–Kier alpha value is -2.41. The van der Waals surface area contributed by atoms with Crippen LogP contribution in [0.5, 0.6) is 5.75 Å². The first-order valence-electron chi connectivity index (χ1n) is 7.47. The van der Waals surface area contributed by atoms with Crippen molar-refractivity contribution >= 4 is 5.91 Å². The lowest BCUT2D eigenvalue weighted by molar-refractivity contribution is -0.137. The molecule has 1 aliphatic heterocycles. The first-order valence-corrected chi connectivity index (χ1v) is 7.47. The summed E-state index contributed by atoms with van der Waals surface area (Å²) in [4.78, 5) is 14.1. The molecule has 1 amide bonds. The summed E-state index contributed by atoms with van der Waals surface area (Å²) in [5.74, 6) is -0.145. The number of hydrogen-bond donors (Lipinski definition) is 1. The number of ether oxygens (including phenoxy) is 1. The summed E-state index contributed by atoms with van der Waals surface area (Å²) in [6.45, 7) is 0.788. The standard InChI is InChI=1S/C16H18FN3O3/c17-12-1-3-15(4-2-12)23-11-16(22)19-9-13-5-7-18-20(13)8-6-14(19)10-21/h1-5,7,14,21H,6,8-11H2/t14-/m1/s1. The number of nitrogens with zero attached hydrogens (tertiary/aromatic N) is 3. The van der Waals surface area contributed by atoms with Gasteiger partial charge in [-0.25, -0.2) is 4.39 Å². The number of rotatable bonds is 4. The molecule has 0 saturated carbocycles. The fourth-order valence-electron chi connectivity index (χ4n) is 2.67. The van der Waals surface area contributed by atoms with Crippen molar-refractivity contribution < 1.29 is 19.0 Å². The molecule has 1 aromatic heterocycles. The van der Waals surface area contributed by atoms with Crippen molar-refractivity contribution in [2.45, 2.75) is 25.6 Å². The van der Waals surface area contributed by atoms with Gasteiger partial charge in [-0.05, 0) is 36.8 Å². The quantitative estimate of drug-likeness (QED) is 0.919. The fourth-order valence-corrected chi connectivity index (χ4v) is 2.67. The third kappa shape index (κ3) is 3.50. The highest BCUT2D eigenvalue weighted by Crippen LogP contribution is 2.18. The average Bonchev–Trinajstić information content (AvgIpc) is 2.93. The second-order valence-corrected chi connectivity index (χ2v) is 5.43. The Morgan fingerprint density at radius 1 is 1.35 bits per heavy atom. The van der Waals surface area contributed by atoms with E-state index in [2.05, 4.69) is 5.10 Å². The van der Waals surface area contributed by atoms with Crippen LogP contribution in [0.25, 0.3) is 0 Å². The number of amides is 1. The summed E-state index contributed by atoms with van der Waals surface area (Å²) in [6.07, 6.45) is 2.33. The first kappa shape index (κ1) is 15.5. The van der Waals surface area contributed by atoms with Gasteiger partial charge in [0.2, 0.25) is 0 Å². The molecule has 122 valence electrons. The third-order valence-electron chi connectivity index (χ3n) is 3.96. The molecule has 2 heterocycles. The number of carbonyl (C=O) groups excluding carboxylic acids is 1. The Morgan fingerprint density at radius 2 is 2.13 bits per heavy atom. The normalized spacial score (nSPS) is 17.5. The van der Waals surface area contributed by atoms with E-state index in [0.717, 1.165) is 5.69 Å². The zero-order valence-electron chi connectivity index (χ0n) is 12.6. The molecule has 0 saturated heterocycles. The molecular formula is C16H18FN3O3. The van der Waals surface area contributed by atoms with Gasteiger partial charge in [0.25, 0.3) is 5.91 Å². The zero-order chi connectivity index (χ0) is 16.2. The third-order valence-corrected chi connectivity index (χ3v) is 3.96. The van der Waals surface area contributed by atoms with Gasteiger partial charge in [0.05, 0.1) is 24.9 Å². The van der Waals surface area contributed by atoms with Crippen LogP contribution in [0.2, 0.25) is 0 Å². The first-order chi connectivity index (χ1) is 11.2. The summed E-state index contributed by atoms with van der Waals surface area (Å²) in [5.41, 5.74) is 0.927. The highest BCUT2D eigenvalue weighted by molar-refractivity contribution is 5.78. The van der Waals surface area contributed by atoms with Gasteiger partial charge >= 0.3 is 0 Å². The zero-order valence-corrected chi connectivity index (χ0v) is 12.6. The van der Waals surface area contributed by atoms with Crippen LogP contribution in [-0.2, 0) is 17.9 Å². The number of aromatic nitrogens is 2. The van der Waals surface area contributed by atoms with E-state index in [1.165, 1.54) is 24.3 Å². The monoisotopic (exact) mass is 319 g/mol. The van der Waals surface area contributed by atoms with Gasteiger partial charge in [-0.3, -0.25) is 9.48 Å². The van der Waals surface area contributed by atoms with Gasteiger partial charge in [-0.1, -0.05) is 0 Å². The summed E-state index contributed by atoms with van der Waals surface area (Å²) >= 11 is 0. The Morgan fingerprint density at radius 3 is 2.87 bits per heavy atom. The van der Waals surface area contributed by atoms with Crippen molar-refractivity contribution in [1.29, 1.82) is 0 Å². The summed E-state index contributed by atoms with van der Waals surface area (Å²) in [5, 5.41) is 13.8. The summed E-state index contributed by atoms with van der Waals surface area (Å²) in [7, 11) is 0. The minimum atomic E-state index is -0.357. The van der Waals surface area contributed by atoms with Crippen molar-refractivity contribution in [1.82, 2.24) is 14.7 Å². The van der Waals surface area contributed by atoms with Crippen LogP contribution in [0.15, 0.2) is 36.5 Å². The van der Waals surface area contributed by atoms with E-state index in [9.17, 15) is 14.3 Å². The van der Waals surface area contributed by atoms with Gasteiger partial charge in [0, 0.05) is 12.7 Å². The molecule has 0 spiro atoms. The van der Waals surface area contributed by atoms with Gasteiger partial charge in [-0.2, -0.15) is 5.10 Å². The predicted molar refractivity (Wildman–Crippen MR) is 80.2 cm³/mol. The number of halogens is 1. The second kappa shape index (κ2) is 6.78. The van der Waals surface area contributed by atoms with Crippen LogP contribution in [-0.4, -0.2) is 44.9 Å². The van der Waals surface area contributed by atoms with E-state index < -0.39 is 0 Å². The van der Waals surface area contributed by atoms with Crippen molar-refractivity contribution in [3.05, 3.63) is 48.0 Å². The largest absolute Gasteiger partial charge is 0.484 e. The molecule has 1 atom stereocenters. The number of benzene rings is 1. The van der Waals surface area contributed by atoms with Crippen LogP contribution in [0, 0.1) is 5.82 Å². The Bertz CT molecular complexity index is 671. The minimum absolute atomic E-state index is 0.104. The van der Waals surface area contributed by atoms with Crippen LogP contribution in [0.4, 0.5) is 4.39 Å². The van der Waals surface area contributed by atoms with E-state index in [1.54, 1.807) is 11.1 Å². The fraction of sp³-hybridized carbons (Fsp3) is 0.375. The maximum atomic E-state index is 12.9. The maximum Gasteiger partial charge on any atom is 0.261 e. The number of fused-ring (bicyclic) bond motifs is 1. The molecule has 0 fully saturated rings. The lowest BCUT2D eigenvalue weighted by Crippen LogP contribution is -2.43.